The van der Waals surface area contributed by atoms with Gasteiger partial charge in [0.1, 0.15) is 5.75 Å². The molecule has 4 atom stereocenters. The molecule has 2 N–H and O–H groups in total. The first-order valence-electron chi connectivity index (χ1n) is 7.80. The molecule has 0 saturated heterocycles. The third kappa shape index (κ3) is 1.54. The summed E-state index contributed by atoms with van der Waals surface area (Å²) in [4.78, 5) is 0. The van der Waals surface area contributed by atoms with E-state index in [1.54, 1.807) is 0 Å². The van der Waals surface area contributed by atoms with Crippen LogP contribution in [0.4, 0.5) is 0 Å². The molecule has 0 amide bonds. The third-order valence-corrected chi connectivity index (χ3v) is 6.07. The van der Waals surface area contributed by atoms with Gasteiger partial charge in [-0.25, -0.2) is 0 Å². The Balaban J connectivity index is 1.75. The number of aromatic hydroxyl groups is 1. The number of hydrogen-bond donors (Lipinski definition) is 2. The minimum absolute atomic E-state index is 0.0234. The molecule has 4 rings (SSSR count). The highest BCUT2D eigenvalue weighted by Gasteiger charge is 2.49. The Morgan fingerprint density at radius 3 is 2.90 bits per heavy atom. The number of rotatable bonds is 0. The highest BCUT2D eigenvalue weighted by atomic mass is 16.3. The van der Waals surface area contributed by atoms with Crippen molar-refractivity contribution < 1.29 is 10.2 Å². The number of aryl methyl sites for hydroxylation is 1. The molecule has 20 heavy (non-hydrogen) atoms. The average molecular weight is 270 g/mol. The molecule has 0 heterocycles. The van der Waals surface area contributed by atoms with Gasteiger partial charge in [0.05, 0.1) is 6.10 Å². The molecular formula is C18H22O2. The van der Waals surface area contributed by atoms with E-state index < -0.39 is 0 Å². The predicted molar refractivity (Wildman–Crippen MR) is 78.7 cm³/mol. The summed E-state index contributed by atoms with van der Waals surface area (Å²) in [5.74, 6) is 1.57. The van der Waals surface area contributed by atoms with Crippen LogP contribution in [0.2, 0.25) is 0 Å². The second kappa shape index (κ2) is 4.11. The second-order valence-corrected chi connectivity index (χ2v) is 7.00. The lowest BCUT2D eigenvalue weighted by Crippen LogP contribution is -2.40. The Labute approximate surface area is 120 Å². The smallest absolute Gasteiger partial charge is 0.115 e. The van der Waals surface area contributed by atoms with Gasteiger partial charge in [-0.3, -0.25) is 0 Å². The summed E-state index contributed by atoms with van der Waals surface area (Å²) in [6, 6.07) is 5.89. The number of aliphatic hydroxyl groups is 1. The summed E-state index contributed by atoms with van der Waals surface area (Å²) in [7, 11) is 0. The monoisotopic (exact) mass is 270 g/mol. The van der Waals surface area contributed by atoms with Gasteiger partial charge in [0, 0.05) is 5.41 Å². The zero-order chi connectivity index (χ0) is 13.9. The molecular weight excluding hydrogens is 248 g/mol. The van der Waals surface area contributed by atoms with Crippen LogP contribution in [0.1, 0.15) is 49.7 Å². The van der Waals surface area contributed by atoms with E-state index in [4.69, 9.17) is 0 Å². The minimum atomic E-state index is -0.181. The van der Waals surface area contributed by atoms with Crippen LogP contribution in [-0.4, -0.2) is 16.3 Å². The van der Waals surface area contributed by atoms with Crippen molar-refractivity contribution in [2.45, 2.75) is 51.0 Å². The molecule has 3 aliphatic rings. The van der Waals surface area contributed by atoms with Gasteiger partial charge in [-0.15, -0.1) is 0 Å². The number of fused-ring (bicyclic) bond motifs is 5. The van der Waals surface area contributed by atoms with E-state index in [2.05, 4.69) is 19.1 Å². The number of aliphatic hydroxyl groups excluding tert-OH is 1. The largest absolute Gasteiger partial charge is 0.508 e. The van der Waals surface area contributed by atoms with Crippen molar-refractivity contribution in [2.24, 2.45) is 11.3 Å². The summed E-state index contributed by atoms with van der Waals surface area (Å²) in [5, 5.41) is 20.0. The van der Waals surface area contributed by atoms with Crippen LogP contribution in [0.5, 0.6) is 5.75 Å². The van der Waals surface area contributed by atoms with Crippen LogP contribution in [-0.2, 0) is 6.42 Å². The highest BCUT2D eigenvalue weighted by Crippen LogP contribution is 2.58. The van der Waals surface area contributed by atoms with Crippen molar-refractivity contribution >= 4 is 0 Å². The molecule has 106 valence electrons. The van der Waals surface area contributed by atoms with Gasteiger partial charge in [-0.05, 0) is 67.2 Å². The van der Waals surface area contributed by atoms with E-state index in [1.165, 1.54) is 16.7 Å². The molecule has 1 fully saturated rings. The predicted octanol–water partition coefficient (Wildman–Crippen LogP) is 3.53. The third-order valence-electron chi connectivity index (χ3n) is 6.07. The Morgan fingerprint density at radius 1 is 1.20 bits per heavy atom. The van der Waals surface area contributed by atoms with Crippen LogP contribution in [0.15, 0.2) is 29.8 Å². The first kappa shape index (κ1) is 12.5. The fourth-order valence-corrected chi connectivity index (χ4v) is 4.89. The molecule has 2 heteroatoms. The number of hydrogen-bond acceptors (Lipinski definition) is 2. The Morgan fingerprint density at radius 2 is 2.05 bits per heavy atom. The van der Waals surface area contributed by atoms with E-state index >= 15 is 0 Å². The van der Waals surface area contributed by atoms with E-state index in [0.717, 1.165) is 32.1 Å². The first-order valence-corrected chi connectivity index (χ1v) is 7.80. The Bertz CT molecular complexity index is 589. The van der Waals surface area contributed by atoms with Crippen molar-refractivity contribution in [2.75, 3.05) is 0 Å². The number of benzene rings is 1. The van der Waals surface area contributed by atoms with E-state index in [0.29, 0.717) is 17.6 Å². The topological polar surface area (TPSA) is 40.5 Å². The average Bonchev–Trinajstić information content (AvgIpc) is 2.74. The van der Waals surface area contributed by atoms with Crippen LogP contribution in [0, 0.1) is 11.3 Å². The van der Waals surface area contributed by atoms with Gasteiger partial charge in [-0.1, -0.05) is 24.6 Å². The summed E-state index contributed by atoms with van der Waals surface area (Å²) in [5.41, 5.74) is 4.30. The van der Waals surface area contributed by atoms with Gasteiger partial charge < -0.3 is 10.2 Å². The maximum absolute atomic E-state index is 10.3. The van der Waals surface area contributed by atoms with Crippen molar-refractivity contribution in [1.82, 2.24) is 0 Å². The quantitative estimate of drug-likeness (QED) is 0.708. The summed E-state index contributed by atoms with van der Waals surface area (Å²) in [6.45, 7) is 2.25. The zero-order valence-electron chi connectivity index (χ0n) is 12.0. The fraction of sp³-hybridized carbons (Fsp3) is 0.556. The summed E-state index contributed by atoms with van der Waals surface area (Å²) >= 11 is 0. The molecule has 0 aliphatic heterocycles. The van der Waals surface area contributed by atoms with Crippen molar-refractivity contribution in [3.05, 3.63) is 41.0 Å². The molecule has 0 aromatic heterocycles. The zero-order valence-corrected chi connectivity index (χ0v) is 12.0. The van der Waals surface area contributed by atoms with Crippen molar-refractivity contribution in [1.29, 1.82) is 0 Å². The lowest BCUT2D eigenvalue weighted by atomic mass is 9.58. The molecule has 2 nitrogen and oxygen atoms in total. The van der Waals surface area contributed by atoms with Gasteiger partial charge in [0.25, 0.3) is 0 Å². The van der Waals surface area contributed by atoms with Crippen LogP contribution in [0.3, 0.4) is 0 Å². The molecule has 0 unspecified atom stereocenters. The number of phenols is 1. The Hall–Kier alpha value is -1.28. The number of phenolic OH excluding ortho intramolecular Hbond substituents is 1. The standard InChI is InChI=1S/C18H22O2/c1-18-9-8-14-13-5-3-12(19)10-11(13)2-4-15(14)16(18)6-7-17(18)20/h3,5-6,10,14-15,17,19-20H,2,4,7-9H2,1H3/t14-,15-,17+,18+/m1/s1. The van der Waals surface area contributed by atoms with Gasteiger partial charge >= 0.3 is 0 Å². The van der Waals surface area contributed by atoms with Crippen molar-refractivity contribution in [3.8, 4) is 5.75 Å². The molecule has 0 bridgehead atoms. The van der Waals surface area contributed by atoms with E-state index in [-0.39, 0.29) is 11.5 Å². The molecule has 0 radical (unpaired) electrons. The van der Waals surface area contributed by atoms with E-state index in [9.17, 15) is 10.2 Å². The summed E-state index contributed by atoms with van der Waals surface area (Å²) < 4.78 is 0. The molecule has 1 aromatic carbocycles. The van der Waals surface area contributed by atoms with Gasteiger partial charge in [0.15, 0.2) is 0 Å². The van der Waals surface area contributed by atoms with Gasteiger partial charge in [-0.2, -0.15) is 0 Å². The lowest BCUT2D eigenvalue weighted by Gasteiger charge is -2.47. The SMILES string of the molecule is C[C@]12CC[C@@H]3c4ccc(O)cc4CC[C@H]3C1=CC[C@@H]2O. The second-order valence-electron chi connectivity index (χ2n) is 7.00. The molecule has 3 aliphatic carbocycles. The summed E-state index contributed by atoms with van der Waals surface area (Å²) in [6.07, 6.45) is 7.42. The molecule has 1 aromatic rings. The van der Waals surface area contributed by atoms with Crippen LogP contribution < -0.4 is 0 Å². The van der Waals surface area contributed by atoms with Crippen LogP contribution in [0.25, 0.3) is 0 Å². The first-order chi connectivity index (χ1) is 9.59. The lowest BCUT2D eigenvalue weighted by molar-refractivity contribution is 0.0471. The maximum atomic E-state index is 10.3. The highest BCUT2D eigenvalue weighted by molar-refractivity contribution is 5.43. The minimum Gasteiger partial charge on any atom is -0.508 e. The van der Waals surface area contributed by atoms with Crippen molar-refractivity contribution in [3.63, 3.8) is 0 Å². The maximum Gasteiger partial charge on any atom is 0.115 e. The van der Waals surface area contributed by atoms with Crippen LogP contribution >= 0.6 is 0 Å². The molecule has 1 saturated carbocycles. The fourth-order valence-electron chi connectivity index (χ4n) is 4.89. The normalized spacial score (nSPS) is 38.7. The van der Waals surface area contributed by atoms with E-state index in [1.807, 2.05) is 12.1 Å². The van der Waals surface area contributed by atoms with Gasteiger partial charge in [0.2, 0.25) is 0 Å². The Kier molecular flexibility index (Phi) is 2.56. The molecule has 0 spiro atoms.